The fourth-order valence-corrected chi connectivity index (χ4v) is 3.25. The fourth-order valence-electron chi connectivity index (χ4n) is 2.69. The normalized spacial score (nSPS) is 29.1. The molecule has 0 aromatic heterocycles. The van der Waals surface area contributed by atoms with Crippen LogP contribution >= 0.6 is 27.5 Å². The lowest BCUT2D eigenvalue weighted by atomic mass is 9.80. The molecule has 1 fully saturated rings. The van der Waals surface area contributed by atoms with Gasteiger partial charge in [0.1, 0.15) is 0 Å². The maximum atomic E-state index is 6.10. The van der Waals surface area contributed by atoms with Gasteiger partial charge in [0.15, 0.2) is 0 Å². The van der Waals surface area contributed by atoms with Gasteiger partial charge in [0.25, 0.3) is 0 Å². The second kappa shape index (κ2) is 5.62. The highest BCUT2D eigenvalue weighted by Crippen LogP contribution is 2.35. The Balaban J connectivity index is 2.08. The third-order valence-electron chi connectivity index (χ3n) is 3.72. The SMILES string of the molecule is CC1CCC(Nc2cccc(Cl)c2Br)C(C)C1. The maximum absolute atomic E-state index is 6.10. The minimum absolute atomic E-state index is 0.570. The molecule has 3 unspecified atom stereocenters. The summed E-state index contributed by atoms with van der Waals surface area (Å²) in [7, 11) is 0. The van der Waals surface area contributed by atoms with Crippen molar-refractivity contribution in [2.75, 3.05) is 5.32 Å². The first-order chi connectivity index (χ1) is 8.08. The van der Waals surface area contributed by atoms with Crippen molar-refractivity contribution >= 4 is 33.2 Å². The van der Waals surface area contributed by atoms with Crippen molar-refractivity contribution in [3.63, 3.8) is 0 Å². The van der Waals surface area contributed by atoms with Gasteiger partial charge in [0.2, 0.25) is 0 Å². The van der Waals surface area contributed by atoms with Gasteiger partial charge in [0, 0.05) is 6.04 Å². The molecule has 0 bridgehead atoms. The molecule has 0 spiro atoms. The molecule has 2 rings (SSSR count). The van der Waals surface area contributed by atoms with Gasteiger partial charge < -0.3 is 5.32 Å². The van der Waals surface area contributed by atoms with E-state index in [1.807, 2.05) is 12.1 Å². The molecular weight excluding hydrogens is 298 g/mol. The number of benzene rings is 1. The van der Waals surface area contributed by atoms with Crippen molar-refractivity contribution in [2.45, 2.75) is 39.2 Å². The summed E-state index contributed by atoms with van der Waals surface area (Å²) in [5, 5.41) is 4.40. The molecule has 0 radical (unpaired) electrons. The average molecular weight is 317 g/mol. The summed E-state index contributed by atoms with van der Waals surface area (Å²) in [6.45, 7) is 4.69. The summed E-state index contributed by atoms with van der Waals surface area (Å²) in [5.74, 6) is 1.59. The van der Waals surface area contributed by atoms with Gasteiger partial charge >= 0.3 is 0 Å². The molecule has 1 aliphatic rings. The minimum Gasteiger partial charge on any atom is -0.381 e. The second-order valence-corrected chi connectivity index (χ2v) is 6.45. The molecule has 1 saturated carbocycles. The van der Waals surface area contributed by atoms with Gasteiger partial charge in [-0.05, 0) is 59.2 Å². The zero-order valence-electron chi connectivity index (χ0n) is 10.3. The highest BCUT2D eigenvalue weighted by molar-refractivity contribution is 9.10. The van der Waals surface area contributed by atoms with Crippen molar-refractivity contribution in [2.24, 2.45) is 11.8 Å². The van der Waals surface area contributed by atoms with E-state index in [1.54, 1.807) is 0 Å². The largest absolute Gasteiger partial charge is 0.381 e. The first-order valence-corrected chi connectivity index (χ1v) is 7.45. The van der Waals surface area contributed by atoms with Gasteiger partial charge in [-0.3, -0.25) is 0 Å². The van der Waals surface area contributed by atoms with Crippen LogP contribution in [0.25, 0.3) is 0 Å². The molecule has 94 valence electrons. The molecule has 1 aliphatic carbocycles. The molecular formula is C14H19BrClN. The fraction of sp³-hybridized carbons (Fsp3) is 0.571. The Kier molecular flexibility index (Phi) is 4.37. The standard InChI is InChI=1S/C14H19BrClN/c1-9-6-7-12(10(2)8-9)17-13-5-3-4-11(16)14(13)15/h3-5,9-10,12,17H,6-8H2,1-2H3. The molecule has 1 N–H and O–H groups in total. The topological polar surface area (TPSA) is 12.0 Å². The summed E-state index contributed by atoms with van der Waals surface area (Å²) in [6, 6.07) is 6.55. The van der Waals surface area contributed by atoms with Crippen LogP contribution in [0, 0.1) is 11.8 Å². The number of halogens is 2. The number of anilines is 1. The summed E-state index contributed by atoms with van der Waals surface area (Å²) in [6.07, 6.45) is 3.89. The molecule has 0 aliphatic heterocycles. The van der Waals surface area contributed by atoms with E-state index in [0.717, 1.165) is 27.0 Å². The van der Waals surface area contributed by atoms with Gasteiger partial charge in [-0.25, -0.2) is 0 Å². The van der Waals surface area contributed by atoms with Crippen LogP contribution in [0.15, 0.2) is 22.7 Å². The Morgan fingerprint density at radius 2 is 2.06 bits per heavy atom. The van der Waals surface area contributed by atoms with Crippen molar-refractivity contribution < 1.29 is 0 Å². The lowest BCUT2D eigenvalue weighted by Gasteiger charge is -2.34. The van der Waals surface area contributed by atoms with E-state index in [4.69, 9.17) is 11.6 Å². The number of hydrogen-bond donors (Lipinski definition) is 1. The Morgan fingerprint density at radius 1 is 1.29 bits per heavy atom. The van der Waals surface area contributed by atoms with Gasteiger partial charge in [-0.15, -0.1) is 0 Å². The molecule has 1 nitrogen and oxygen atoms in total. The maximum Gasteiger partial charge on any atom is 0.0593 e. The lowest BCUT2D eigenvalue weighted by molar-refractivity contribution is 0.276. The Labute approximate surface area is 117 Å². The van der Waals surface area contributed by atoms with E-state index in [1.165, 1.54) is 19.3 Å². The van der Waals surface area contributed by atoms with Crippen LogP contribution in [0.5, 0.6) is 0 Å². The quantitative estimate of drug-likeness (QED) is 0.776. The highest BCUT2D eigenvalue weighted by atomic mass is 79.9. The monoisotopic (exact) mass is 315 g/mol. The molecule has 3 atom stereocenters. The Hall–Kier alpha value is -0.210. The molecule has 17 heavy (non-hydrogen) atoms. The smallest absolute Gasteiger partial charge is 0.0593 e. The van der Waals surface area contributed by atoms with E-state index in [0.29, 0.717) is 6.04 Å². The molecule has 0 saturated heterocycles. The van der Waals surface area contributed by atoms with E-state index < -0.39 is 0 Å². The van der Waals surface area contributed by atoms with Gasteiger partial charge in [-0.1, -0.05) is 31.5 Å². The average Bonchev–Trinajstić information content (AvgIpc) is 2.28. The van der Waals surface area contributed by atoms with E-state index in [2.05, 4.69) is 41.2 Å². The van der Waals surface area contributed by atoms with Crippen molar-refractivity contribution in [1.29, 1.82) is 0 Å². The van der Waals surface area contributed by atoms with Crippen LogP contribution in [0.4, 0.5) is 5.69 Å². The van der Waals surface area contributed by atoms with Gasteiger partial charge in [0.05, 0.1) is 15.2 Å². The molecule has 1 aromatic rings. The number of rotatable bonds is 2. The minimum atomic E-state index is 0.570. The number of nitrogens with one attached hydrogen (secondary N) is 1. The Morgan fingerprint density at radius 3 is 2.76 bits per heavy atom. The van der Waals surface area contributed by atoms with E-state index in [9.17, 15) is 0 Å². The first kappa shape index (κ1) is 13.2. The third kappa shape index (κ3) is 3.17. The zero-order valence-corrected chi connectivity index (χ0v) is 12.7. The van der Waals surface area contributed by atoms with Crippen molar-refractivity contribution in [1.82, 2.24) is 0 Å². The number of hydrogen-bond acceptors (Lipinski definition) is 1. The van der Waals surface area contributed by atoms with Crippen LogP contribution in [-0.2, 0) is 0 Å². The molecule has 0 amide bonds. The van der Waals surface area contributed by atoms with Gasteiger partial charge in [-0.2, -0.15) is 0 Å². The predicted octanol–water partition coefficient (Wildman–Crippen LogP) is 5.34. The van der Waals surface area contributed by atoms with Crippen LogP contribution in [0.2, 0.25) is 5.02 Å². The van der Waals surface area contributed by atoms with Crippen LogP contribution < -0.4 is 5.32 Å². The zero-order chi connectivity index (χ0) is 12.4. The predicted molar refractivity (Wildman–Crippen MR) is 78.7 cm³/mol. The first-order valence-electron chi connectivity index (χ1n) is 6.28. The third-order valence-corrected chi connectivity index (χ3v) is 5.12. The Bertz CT molecular complexity index is 394. The molecule has 1 aromatic carbocycles. The van der Waals surface area contributed by atoms with E-state index >= 15 is 0 Å². The summed E-state index contributed by atoms with van der Waals surface area (Å²) in [5.41, 5.74) is 1.11. The van der Waals surface area contributed by atoms with E-state index in [-0.39, 0.29) is 0 Å². The second-order valence-electron chi connectivity index (χ2n) is 5.25. The van der Waals surface area contributed by atoms with Crippen LogP contribution in [0.3, 0.4) is 0 Å². The molecule has 3 heteroatoms. The van der Waals surface area contributed by atoms with Crippen molar-refractivity contribution in [3.05, 3.63) is 27.7 Å². The van der Waals surface area contributed by atoms with Crippen LogP contribution in [0.1, 0.15) is 33.1 Å². The van der Waals surface area contributed by atoms with Crippen LogP contribution in [-0.4, -0.2) is 6.04 Å². The molecule has 0 heterocycles. The summed E-state index contributed by atoms with van der Waals surface area (Å²) < 4.78 is 0.979. The highest BCUT2D eigenvalue weighted by Gasteiger charge is 2.25. The summed E-state index contributed by atoms with van der Waals surface area (Å²) in [4.78, 5) is 0. The lowest BCUT2D eigenvalue weighted by Crippen LogP contribution is -2.33. The van der Waals surface area contributed by atoms with Crippen molar-refractivity contribution in [3.8, 4) is 0 Å². The summed E-state index contributed by atoms with van der Waals surface area (Å²) >= 11 is 9.65.